The number of methoxy groups -OCH3 is 1. The Hall–Kier alpha value is -4.16. The summed E-state index contributed by atoms with van der Waals surface area (Å²) in [6.07, 6.45) is 0.394. The standard InChI is InChI=1S/C23H17ClFN5O3/c1-29-19-6-5-16(7-14(19)11-27-29)28-23(32)22(25)30-12-20(33-2)18(9-21(30)31)17-8-15(24)4-3-13(17)10-26/h3-9,11-12,22H,1-2H3,(H,28,32). The van der Waals surface area contributed by atoms with Crippen LogP contribution in [0.4, 0.5) is 10.1 Å². The highest BCUT2D eigenvalue weighted by atomic mass is 35.5. The molecule has 0 aliphatic carbocycles. The first-order valence-electron chi connectivity index (χ1n) is 9.69. The Morgan fingerprint density at radius 1 is 1.24 bits per heavy atom. The van der Waals surface area contributed by atoms with Crippen molar-refractivity contribution in [1.82, 2.24) is 14.3 Å². The van der Waals surface area contributed by atoms with Crippen molar-refractivity contribution in [3.05, 3.63) is 75.8 Å². The van der Waals surface area contributed by atoms with Gasteiger partial charge >= 0.3 is 0 Å². The Balaban J connectivity index is 1.67. The monoisotopic (exact) mass is 465 g/mol. The molecule has 33 heavy (non-hydrogen) atoms. The number of ether oxygens (including phenoxy) is 1. The predicted octanol–water partition coefficient (Wildman–Crippen LogP) is 4.04. The number of amides is 1. The Kier molecular flexibility index (Phi) is 5.85. The van der Waals surface area contributed by atoms with Crippen molar-refractivity contribution in [1.29, 1.82) is 5.26 Å². The van der Waals surface area contributed by atoms with E-state index < -0.39 is 17.8 Å². The van der Waals surface area contributed by atoms with E-state index in [9.17, 15) is 14.9 Å². The van der Waals surface area contributed by atoms with Gasteiger partial charge < -0.3 is 10.1 Å². The molecule has 10 heteroatoms. The van der Waals surface area contributed by atoms with Gasteiger partial charge in [0.15, 0.2) is 0 Å². The predicted molar refractivity (Wildman–Crippen MR) is 122 cm³/mol. The number of aromatic nitrogens is 3. The number of carbonyl (C=O) groups is 1. The highest BCUT2D eigenvalue weighted by Crippen LogP contribution is 2.33. The molecule has 166 valence electrons. The molecule has 0 spiro atoms. The third kappa shape index (κ3) is 4.16. The van der Waals surface area contributed by atoms with Crippen molar-refractivity contribution < 1.29 is 13.9 Å². The maximum atomic E-state index is 15.1. The quantitative estimate of drug-likeness (QED) is 0.479. The van der Waals surface area contributed by atoms with Gasteiger partial charge in [0, 0.05) is 40.3 Å². The molecule has 1 N–H and O–H groups in total. The van der Waals surface area contributed by atoms with Crippen molar-refractivity contribution in [2.45, 2.75) is 6.30 Å². The van der Waals surface area contributed by atoms with Crippen molar-refractivity contribution >= 4 is 34.1 Å². The summed E-state index contributed by atoms with van der Waals surface area (Å²) in [6.45, 7) is 0. The summed E-state index contributed by atoms with van der Waals surface area (Å²) < 4.78 is 22.7. The summed E-state index contributed by atoms with van der Waals surface area (Å²) in [4.78, 5) is 25.2. The number of nitriles is 1. The third-order valence-corrected chi connectivity index (χ3v) is 5.37. The van der Waals surface area contributed by atoms with Gasteiger partial charge in [-0.25, -0.2) is 4.39 Å². The minimum Gasteiger partial charge on any atom is -0.495 e. The number of hydrogen-bond acceptors (Lipinski definition) is 5. The molecule has 0 fully saturated rings. The van der Waals surface area contributed by atoms with Crippen molar-refractivity contribution in [3.8, 4) is 22.9 Å². The average molecular weight is 466 g/mol. The van der Waals surface area contributed by atoms with Crippen LogP contribution in [0, 0.1) is 11.3 Å². The lowest BCUT2D eigenvalue weighted by Crippen LogP contribution is -2.30. The summed E-state index contributed by atoms with van der Waals surface area (Å²) in [5.41, 5.74) is 1.29. The molecule has 0 saturated heterocycles. The molecule has 0 bridgehead atoms. The normalized spacial score (nSPS) is 11.7. The number of rotatable bonds is 5. The van der Waals surface area contributed by atoms with Gasteiger partial charge in [0.05, 0.1) is 36.7 Å². The van der Waals surface area contributed by atoms with Crippen LogP contribution in [0.2, 0.25) is 5.02 Å². The first kappa shape index (κ1) is 22.0. The molecule has 0 saturated carbocycles. The molecule has 2 aromatic heterocycles. The van der Waals surface area contributed by atoms with Crippen molar-refractivity contribution in [3.63, 3.8) is 0 Å². The highest BCUT2D eigenvalue weighted by Gasteiger charge is 2.23. The number of carbonyl (C=O) groups excluding carboxylic acids is 1. The fourth-order valence-electron chi connectivity index (χ4n) is 3.49. The first-order valence-corrected chi connectivity index (χ1v) is 10.1. The van der Waals surface area contributed by atoms with Gasteiger partial charge in [-0.2, -0.15) is 10.4 Å². The number of pyridine rings is 1. The van der Waals surface area contributed by atoms with Crippen LogP contribution in [-0.2, 0) is 11.8 Å². The largest absolute Gasteiger partial charge is 0.495 e. The molecule has 8 nitrogen and oxygen atoms in total. The number of hydrogen-bond donors (Lipinski definition) is 1. The van der Waals surface area contributed by atoms with Gasteiger partial charge in [0.1, 0.15) is 5.75 Å². The molecule has 1 atom stereocenters. The maximum Gasteiger partial charge on any atom is 0.280 e. The van der Waals surface area contributed by atoms with Gasteiger partial charge in [-0.05, 0) is 36.4 Å². The van der Waals surface area contributed by atoms with Crippen LogP contribution in [0.1, 0.15) is 11.9 Å². The number of aryl methyl sites for hydroxylation is 1. The van der Waals surface area contributed by atoms with E-state index >= 15 is 4.39 Å². The van der Waals surface area contributed by atoms with Gasteiger partial charge in [0.25, 0.3) is 17.8 Å². The smallest absolute Gasteiger partial charge is 0.280 e. The molecule has 0 radical (unpaired) electrons. The summed E-state index contributed by atoms with van der Waals surface area (Å²) in [5, 5.41) is 17.1. The number of halogens is 2. The molecule has 0 aliphatic rings. The fraction of sp³-hybridized carbons (Fsp3) is 0.130. The number of alkyl halides is 1. The molecule has 4 aromatic rings. The second-order valence-corrected chi connectivity index (χ2v) is 7.61. The summed E-state index contributed by atoms with van der Waals surface area (Å²) >= 11 is 6.05. The van der Waals surface area contributed by atoms with E-state index in [1.54, 1.807) is 42.2 Å². The molecule has 1 amide bonds. The summed E-state index contributed by atoms with van der Waals surface area (Å²) in [7, 11) is 3.12. The maximum absolute atomic E-state index is 15.1. The Morgan fingerprint density at radius 2 is 2.03 bits per heavy atom. The number of nitrogens with one attached hydrogen (secondary N) is 1. The Morgan fingerprint density at radius 3 is 2.76 bits per heavy atom. The first-order chi connectivity index (χ1) is 15.8. The molecule has 1 unspecified atom stereocenters. The van der Waals surface area contributed by atoms with E-state index in [0.29, 0.717) is 20.8 Å². The second-order valence-electron chi connectivity index (χ2n) is 7.17. The van der Waals surface area contributed by atoms with Crippen LogP contribution in [0.3, 0.4) is 0 Å². The highest BCUT2D eigenvalue weighted by molar-refractivity contribution is 6.31. The summed E-state index contributed by atoms with van der Waals surface area (Å²) in [5.74, 6) is -0.934. The van der Waals surface area contributed by atoms with E-state index in [-0.39, 0.29) is 16.9 Å². The Bertz CT molecular complexity index is 1490. The number of anilines is 1. The zero-order valence-electron chi connectivity index (χ0n) is 17.5. The number of fused-ring (bicyclic) bond motifs is 1. The third-order valence-electron chi connectivity index (χ3n) is 5.13. The SMILES string of the molecule is COc1cn(C(F)C(=O)Nc2ccc3c(cnn3C)c2)c(=O)cc1-c1cc(Cl)ccc1C#N. The van der Waals surface area contributed by atoms with E-state index in [4.69, 9.17) is 16.3 Å². The lowest BCUT2D eigenvalue weighted by atomic mass is 10.0. The second kappa shape index (κ2) is 8.76. The topological polar surface area (TPSA) is 102 Å². The van der Waals surface area contributed by atoms with E-state index in [1.807, 2.05) is 6.07 Å². The van der Waals surface area contributed by atoms with Gasteiger partial charge in [0.2, 0.25) is 0 Å². The van der Waals surface area contributed by atoms with Crippen LogP contribution in [0.15, 0.2) is 59.7 Å². The average Bonchev–Trinajstić information content (AvgIpc) is 3.18. The van der Waals surface area contributed by atoms with Gasteiger partial charge in [-0.15, -0.1) is 0 Å². The van der Waals surface area contributed by atoms with Crippen LogP contribution in [0.25, 0.3) is 22.0 Å². The number of nitrogens with zero attached hydrogens (tertiary/aromatic N) is 4. The molecule has 2 aromatic carbocycles. The Labute approximate surface area is 192 Å². The van der Waals surface area contributed by atoms with E-state index in [0.717, 1.165) is 23.2 Å². The van der Waals surface area contributed by atoms with Crippen LogP contribution >= 0.6 is 11.6 Å². The van der Waals surface area contributed by atoms with Gasteiger partial charge in [-0.3, -0.25) is 18.8 Å². The lowest BCUT2D eigenvalue weighted by molar-refractivity contribution is -0.123. The van der Waals surface area contributed by atoms with Crippen molar-refractivity contribution in [2.75, 3.05) is 12.4 Å². The van der Waals surface area contributed by atoms with Crippen LogP contribution in [-0.4, -0.2) is 27.4 Å². The van der Waals surface area contributed by atoms with Gasteiger partial charge in [-0.1, -0.05) is 11.6 Å². The van der Waals surface area contributed by atoms with E-state index in [2.05, 4.69) is 10.4 Å². The number of benzene rings is 2. The molecule has 0 aliphatic heterocycles. The molecular formula is C23H17ClFN5O3. The minimum absolute atomic E-state index is 0.0978. The molecule has 4 rings (SSSR count). The van der Waals surface area contributed by atoms with Crippen LogP contribution < -0.4 is 15.6 Å². The van der Waals surface area contributed by atoms with Crippen molar-refractivity contribution in [2.24, 2.45) is 7.05 Å². The molecular weight excluding hydrogens is 449 g/mol. The lowest BCUT2D eigenvalue weighted by Gasteiger charge is -2.16. The zero-order chi connectivity index (χ0) is 23.7. The van der Waals surface area contributed by atoms with Crippen LogP contribution in [0.5, 0.6) is 5.75 Å². The molecule has 2 heterocycles. The fourth-order valence-corrected chi connectivity index (χ4v) is 3.66. The minimum atomic E-state index is -2.32. The summed E-state index contributed by atoms with van der Waals surface area (Å²) in [6, 6.07) is 12.7. The zero-order valence-corrected chi connectivity index (χ0v) is 18.3. The van der Waals surface area contributed by atoms with E-state index in [1.165, 1.54) is 19.2 Å².